The van der Waals surface area contributed by atoms with Gasteiger partial charge in [0.25, 0.3) is 0 Å². The molecule has 1 aromatic rings. The number of hydrogen-bond donors (Lipinski definition) is 2. The number of rotatable bonds is 6. The molecule has 0 aliphatic rings. The Hall–Kier alpha value is -1.69. The van der Waals surface area contributed by atoms with Crippen molar-refractivity contribution in [3.8, 4) is 0 Å². The summed E-state index contributed by atoms with van der Waals surface area (Å²) in [6, 6.07) is 3.33. The van der Waals surface area contributed by atoms with Crippen molar-refractivity contribution < 1.29 is 9.90 Å². The van der Waals surface area contributed by atoms with Gasteiger partial charge in [0.1, 0.15) is 5.82 Å². The van der Waals surface area contributed by atoms with Gasteiger partial charge in [-0.3, -0.25) is 0 Å². The summed E-state index contributed by atoms with van der Waals surface area (Å²) in [4.78, 5) is 12.8. The number of nitrogens with one attached hydrogen (secondary N) is 1. The monoisotopic (exact) mass is 252 g/mol. The third kappa shape index (κ3) is 4.29. The zero-order valence-electron chi connectivity index (χ0n) is 11.2. The lowest BCUT2D eigenvalue weighted by Gasteiger charge is -2.25. The fourth-order valence-electron chi connectivity index (χ4n) is 1.53. The molecule has 100 valence electrons. The molecular weight excluding hydrogens is 232 g/mol. The molecule has 0 aliphatic heterocycles. The van der Waals surface area contributed by atoms with Crippen molar-refractivity contribution >= 4 is 11.8 Å². The summed E-state index contributed by atoms with van der Waals surface area (Å²) in [6.45, 7) is 5.13. The Morgan fingerprint density at radius 2 is 2.06 bits per heavy atom. The number of likely N-dealkylation sites (N-methyl/N-ethyl adjacent to an activating group) is 1. The van der Waals surface area contributed by atoms with Crippen molar-refractivity contribution in [3.63, 3.8) is 0 Å². The van der Waals surface area contributed by atoms with Crippen LogP contribution in [0.4, 0.5) is 5.82 Å². The summed E-state index contributed by atoms with van der Waals surface area (Å²) in [5.74, 6) is -0.0309. The predicted octanol–water partition coefficient (Wildman–Crippen LogP) is 1.17. The molecule has 0 radical (unpaired) electrons. The normalized spacial score (nSPS) is 12.8. The largest absolute Gasteiger partial charge is 0.476 e. The van der Waals surface area contributed by atoms with Gasteiger partial charge in [0.05, 0.1) is 0 Å². The first-order valence-electron chi connectivity index (χ1n) is 5.88. The van der Waals surface area contributed by atoms with E-state index in [0.29, 0.717) is 11.7 Å². The predicted molar refractivity (Wildman–Crippen MR) is 69.8 cm³/mol. The summed E-state index contributed by atoms with van der Waals surface area (Å²) in [6.07, 6.45) is 0. The fourth-order valence-corrected chi connectivity index (χ4v) is 1.53. The van der Waals surface area contributed by atoms with Crippen LogP contribution in [0.15, 0.2) is 12.1 Å². The molecule has 2 N–H and O–H groups in total. The van der Waals surface area contributed by atoms with Crippen LogP contribution in [0.25, 0.3) is 0 Å². The molecule has 0 fully saturated rings. The van der Waals surface area contributed by atoms with Crippen molar-refractivity contribution in [2.75, 3.05) is 26.0 Å². The average Bonchev–Trinajstić information content (AvgIpc) is 2.28. The Morgan fingerprint density at radius 3 is 2.44 bits per heavy atom. The number of carboxylic acids is 1. The van der Waals surface area contributed by atoms with Crippen LogP contribution in [0.3, 0.4) is 0 Å². The van der Waals surface area contributed by atoms with Crippen molar-refractivity contribution in [3.05, 3.63) is 17.8 Å². The molecule has 0 aromatic carbocycles. The third-order valence-corrected chi connectivity index (χ3v) is 2.58. The maximum atomic E-state index is 10.7. The molecule has 0 spiro atoms. The maximum absolute atomic E-state index is 10.7. The van der Waals surface area contributed by atoms with Crippen LogP contribution in [-0.2, 0) is 0 Å². The molecule has 18 heavy (non-hydrogen) atoms. The molecule has 1 heterocycles. The van der Waals surface area contributed by atoms with Gasteiger partial charge < -0.3 is 15.3 Å². The third-order valence-electron chi connectivity index (χ3n) is 2.58. The highest BCUT2D eigenvalue weighted by Gasteiger charge is 2.15. The van der Waals surface area contributed by atoms with Gasteiger partial charge in [0.2, 0.25) is 0 Å². The fraction of sp³-hybridized carbons (Fsp3) is 0.583. The molecule has 0 saturated carbocycles. The van der Waals surface area contributed by atoms with Crippen molar-refractivity contribution in [1.82, 2.24) is 15.1 Å². The Morgan fingerprint density at radius 1 is 1.39 bits per heavy atom. The zero-order chi connectivity index (χ0) is 13.7. The highest BCUT2D eigenvalue weighted by molar-refractivity contribution is 5.85. The van der Waals surface area contributed by atoms with Crippen LogP contribution in [0.2, 0.25) is 0 Å². The number of aromatic carboxylic acids is 1. The quantitative estimate of drug-likeness (QED) is 0.791. The van der Waals surface area contributed by atoms with Crippen LogP contribution in [0.5, 0.6) is 0 Å². The number of hydrogen-bond acceptors (Lipinski definition) is 5. The van der Waals surface area contributed by atoms with E-state index in [1.54, 1.807) is 6.07 Å². The highest BCUT2D eigenvalue weighted by atomic mass is 16.4. The van der Waals surface area contributed by atoms with E-state index in [-0.39, 0.29) is 11.7 Å². The van der Waals surface area contributed by atoms with Crippen LogP contribution in [0.1, 0.15) is 24.3 Å². The van der Waals surface area contributed by atoms with Gasteiger partial charge in [-0.1, -0.05) is 13.8 Å². The minimum atomic E-state index is -1.07. The molecule has 1 unspecified atom stereocenters. The maximum Gasteiger partial charge on any atom is 0.356 e. The lowest BCUT2D eigenvalue weighted by Crippen LogP contribution is -2.36. The number of carboxylic acid groups (broad SMARTS) is 1. The molecule has 0 amide bonds. The van der Waals surface area contributed by atoms with E-state index in [4.69, 9.17) is 5.11 Å². The van der Waals surface area contributed by atoms with Crippen molar-refractivity contribution in [2.45, 2.75) is 19.9 Å². The molecular formula is C12H20N4O2. The molecule has 6 nitrogen and oxygen atoms in total. The molecule has 0 saturated heterocycles. The van der Waals surface area contributed by atoms with E-state index < -0.39 is 5.97 Å². The van der Waals surface area contributed by atoms with Gasteiger partial charge in [-0.15, -0.1) is 10.2 Å². The molecule has 1 aromatic heterocycles. The lowest BCUT2D eigenvalue weighted by atomic mass is 10.0. The topological polar surface area (TPSA) is 78.4 Å². The van der Waals surface area contributed by atoms with Crippen molar-refractivity contribution in [2.24, 2.45) is 5.92 Å². The second kappa shape index (κ2) is 6.30. The second-order valence-corrected chi connectivity index (χ2v) is 4.87. The Bertz CT molecular complexity index is 390. The Balaban J connectivity index is 2.72. The number of carbonyl (C=O) groups is 1. The van der Waals surface area contributed by atoms with Crippen molar-refractivity contribution in [1.29, 1.82) is 0 Å². The van der Waals surface area contributed by atoms with E-state index in [9.17, 15) is 4.79 Å². The summed E-state index contributed by atoms with van der Waals surface area (Å²) in [7, 11) is 4.02. The van der Waals surface area contributed by atoms with E-state index in [0.717, 1.165) is 6.54 Å². The van der Waals surface area contributed by atoms with Crippen LogP contribution >= 0.6 is 0 Å². The summed E-state index contributed by atoms with van der Waals surface area (Å²) >= 11 is 0. The van der Waals surface area contributed by atoms with Gasteiger partial charge in [-0.25, -0.2) is 4.79 Å². The second-order valence-electron chi connectivity index (χ2n) is 4.87. The molecule has 1 rings (SSSR count). The number of anilines is 1. The van der Waals surface area contributed by atoms with Gasteiger partial charge >= 0.3 is 5.97 Å². The molecule has 1 atom stereocenters. The van der Waals surface area contributed by atoms with Crippen LogP contribution < -0.4 is 5.32 Å². The first-order valence-corrected chi connectivity index (χ1v) is 5.88. The highest BCUT2D eigenvalue weighted by Crippen LogP contribution is 2.10. The van der Waals surface area contributed by atoms with Crippen LogP contribution in [0, 0.1) is 5.92 Å². The minimum absolute atomic E-state index is 0.0470. The van der Waals surface area contributed by atoms with Gasteiger partial charge in [0, 0.05) is 12.6 Å². The first-order chi connectivity index (χ1) is 8.40. The Labute approximate surface area is 107 Å². The van der Waals surface area contributed by atoms with Crippen LogP contribution in [-0.4, -0.2) is 52.9 Å². The number of nitrogens with zero attached hydrogens (tertiary/aromatic N) is 3. The van der Waals surface area contributed by atoms with E-state index in [1.165, 1.54) is 6.07 Å². The van der Waals surface area contributed by atoms with E-state index in [1.807, 2.05) is 14.1 Å². The molecule has 0 aliphatic carbocycles. The van der Waals surface area contributed by atoms with E-state index >= 15 is 0 Å². The van der Waals surface area contributed by atoms with Gasteiger partial charge in [0.15, 0.2) is 5.69 Å². The SMILES string of the molecule is CC(C)C(CN(C)C)Nc1ccc(C(=O)O)nn1. The zero-order valence-corrected chi connectivity index (χ0v) is 11.2. The average molecular weight is 252 g/mol. The van der Waals surface area contributed by atoms with Gasteiger partial charge in [-0.05, 0) is 32.1 Å². The Kier molecular flexibility index (Phi) is 5.03. The van der Waals surface area contributed by atoms with E-state index in [2.05, 4.69) is 34.3 Å². The van der Waals surface area contributed by atoms with Gasteiger partial charge in [-0.2, -0.15) is 0 Å². The smallest absolute Gasteiger partial charge is 0.356 e. The first kappa shape index (κ1) is 14.4. The molecule has 0 bridgehead atoms. The summed E-state index contributed by atoms with van der Waals surface area (Å²) in [5, 5.41) is 19.5. The summed E-state index contributed by atoms with van der Waals surface area (Å²) in [5.41, 5.74) is -0.0470. The molecule has 6 heteroatoms. The summed E-state index contributed by atoms with van der Waals surface area (Å²) < 4.78 is 0. The lowest BCUT2D eigenvalue weighted by molar-refractivity contribution is 0.0689. The minimum Gasteiger partial charge on any atom is -0.476 e. The standard InChI is InChI=1S/C12H20N4O2/c1-8(2)10(7-16(3)4)13-11-6-5-9(12(17)18)14-15-11/h5-6,8,10H,7H2,1-4H3,(H,13,15)(H,17,18). The number of aromatic nitrogens is 2.